The second-order valence-corrected chi connectivity index (χ2v) is 9.47. The number of benzene rings is 3. The minimum absolute atomic E-state index is 0.0213. The van der Waals surface area contributed by atoms with Crippen LogP contribution < -0.4 is 16.0 Å². The van der Waals surface area contributed by atoms with Crippen molar-refractivity contribution in [1.82, 2.24) is 19.5 Å². The molecule has 2 N–H and O–H groups in total. The number of ether oxygens (including phenoxy) is 1. The number of fused-ring (bicyclic) bond motifs is 1. The fraction of sp³-hybridized carbons (Fsp3) is 0.172. The number of anilines is 1. The fourth-order valence-corrected chi connectivity index (χ4v) is 4.61. The maximum Gasteiger partial charge on any atom is 0.420 e. The first-order valence-corrected chi connectivity index (χ1v) is 12.3. The molecular formula is C29H22F5N5O2. The van der Waals surface area contributed by atoms with Gasteiger partial charge in [0.1, 0.15) is 28.7 Å². The highest BCUT2D eigenvalue weighted by atomic mass is 19.4. The molecule has 5 aromatic rings. The van der Waals surface area contributed by atoms with Crippen LogP contribution in [0.2, 0.25) is 0 Å². The molecule has 41 heavy (non-hydrogen) atoms. The molecular weight excluding hydrogens is 545 g/mol. The molecule has 0 unspecified atom stereocenters. The first-order chi connectivity index (χ1) is 19.3. The molecule has 0 spiro atoms. The van der Waals surface area contributed by atoms with Gasteiger partial charge >= 0.3 is 6.18 Å². The third-order valence-electron chi connectivity index (χ3n) is 6.63. The summed E-state index contributed by atoms with van der Waals surface area (Å²) in [5.41, 5.74) is 4.55. The first kappa shape index (κ1) is 27.7. The number of aryl methyl sites for hydroxylation is 2. The van der Waals surface area contributed by atoms with Crippen LogP contribution in [0.15, 0.2) is 65.8 Å². The lowest BCUT2D eigenvalue weighted by atomic mass is 10.0. The molecule has 7 nitrogen and oxygen atoms in total. The molecule has 0 saturated carbocycles. The zero-order chi connectivity index (χ0) is 29.6. The highest BCUT2D eigenvalue weighted by Gasteiger charge is 2.38. The Morgan fingerprint density at radius 2 is 1.71 bits per heavy atom. The average Bonchev–Trinajstić information content (AvgIpc) is 2.89. The molecule has 0 saturated heterocycles. The molecule has 3 aromatic carbocycles. The van der Waals surface area contributed by atoms with Crippen molar-refractivity contribution < 1.29 is 26.7 Å². The molecule has 210 valence electrons. The standard InChI is InChI=1S/C29H22F5N5O2/c1-14-9-20(30)25(21(31)10-14)16(3)39-13-37-28(40)19-11-17(7-8-23(19)39)41-24-6-4-5-18(26(24)29(32,33)34)27-36-12-22(35)15(2)38-27/h4-13,16H,35H2,1-3H3/t16-/m1/s1. The Labute approximate surface area is 230 Å². The van der Waals surface area contributed by atoms with Crippen LogP contribution in [0.25, 0.3) is 22.3 Å². The third kappa shape index (κ3) is 5.20. The van der Waals surface area contributed by atoms with Crippen LogP contribution in [0.5, 0.6) is 11.5 Å². The Morgan fingerprint density at radius 3 is 2.37 bits per heavy atom. The molecule has 0 bridgehead atoms. The van der Waals surface area contributed by atoms with Crippen molar-refractivity contribution in [2.75, 3.05) is 5.73 Å². The maximum atomic E-state index is 14.7. The second-order valence-electron chi connectivity index (χ2n) is 9.47. The summed E-state index contributed by atoms with van der Waals surface area (Å²) in [5, 5.41) is -0.0213. The number of hydrogen-bond donors (Lipinski definition) is 1. The van der Waals surface area contributed by atoms with E-state index in [1.165, 1.54) is 60.2 Å². The van der Waals surface area contributed by atoms with Gasteiger partial charge in [0.2, 0.25) is 0 Å². The molecule has 5 rings (SSSR count). The lowest BCUT2D eigenvalue weighted by molar-refractivity contribution is -0.138. The molecule has 1 atom stereocenters. The van der Waals surface area contributed by atoms with Crippen molar-refractivity contribution in [2.24, 2.45) is 0 Å². The Hall–Kier alpha value is -4.87. The van der Waals surface area contributed by atoms with Crippen molar-refractivity contribution >= 4 is 16.6 Å². The van der Waals surface area contributed by atoms with Crippen molar-refractivity contribution in [3.8, 4) is 22.9 Å². The highest BCUT2D eigenvalue weighted by molar-refractivity contribution is 5.80. The van der Waals surface area contributed by atoms with Gasteiger partial charge in [0.05, 0.1) is 40.9 Å². The second kappa shape index (κ2) is 10.3. The lowest BCUT2D eigenvalue weighted by Crippen LogP contribution is -2.18. The SMILES string of the molecule is Cc1cc(F)c([C@@H](C)n2cnc(=O)c3cc(Oc4cccc(-c5ncc(N)c(C)n5)c4C(F)(F)F)ccc32)c(F)c1. The van der Waals surface area contributed by atoms with Gasteiger partial charge in [-0.25, -0.2) is 18.7 Å². The van der Waals surface area contributed by atoms with Crippen LogP contribution in [-0.2, 0) is 6.18 Å². The Morgan fingerprint density at radius 1 is 1.00 bits per heavy atom. The van der Waals surface area contributed by atoms with Crippen LogP contribution in [-0.4, -0.2) is 19.5 Å². The zero-order valence-corrected chi connectivity index (χ0v) is 21.9. The number of nitrogen functional groups attached to an aromatic ring is 1. The van der Waals surface area contributed by atoms with E-state index in [0.717, 1.165) is 12.4 Å². The number of aromatic nitrogens is 4. The van der Waals surface area contributed by atoms with Crippen LogP contribution in [0.1, 0.15) is 35.3 Å². The normalized spacial score (nSPS) is 12.5. The van der Waals surface area contributed by atoms with E-state index in [0.29, 0.717) is 11.3 Å². The molecule has 2 aromatic heterocycles. The Balaban J connectivity index is 1.59. The number of nitrogens with two attached hydrogens (primary N) is 1. The minimum atomic E-state index is -4.85. The summed E-state index contributed by atoms with van der Waals surface area (Å²) in [6.45, 7) is 4.64. The molecule has 0 aliphatic carbocycles. The summed E-state index contributed by atoms with van der Waals surface area (Å²) < 4.78 is 79.4. The predicted octanol–water partition coefficient (Wildman–Crippen LogP) is 6.75. The quantitative estimate of drug-likeness (QED) is 0.236. The van der Waals surface area contributed by atoms with Gasteiger partial charge in [0, 0.05) is 11.1 Å². The molecule has 0 fully saturated rings. The topological polar surface area (TPSA) is 95.9 Å². The third-order valence-corrected chi connectivity index (χ3v) is 6.63. The van der Waals surface area contributed by atoms with Gasteiger partial charge in [0.15, 0.2) is 5.82 Å². The van der Waals surface area contributed by atoms with Crippen LogP contribution in [0.4, 0.5) is 27.6 Å². The monoisotopic (exact) mass is 567 g/mol. The van der Waals surface area contributed by atoms with Gasteiger partial charge in [-0.3, -0.25) is 4.79 Å². The first-order valence-electron chi connectivity index (χ1n) is 12.3. The lowest BCUT2D eigenvalue weighted by Gasteiger charge is -2.20. The van der Waals surface area contributed by atoms with Gasteiger partial charge in [-0.1, -0.05) is 12.1 Å². The summed E-state index contributed by atoms with van der Waals surface area (Å²) in [6, 6.07) is 9.19. The van der Waals surface area contributed by atoms with E-state index in [-0.39, 0.29) is 39.3 Å². The van der Waals surface area contributed by atoms with E-state index in [2.05, 4.69) is 15.0 Å². The largest absolute Gasteiger partial charge is 0.457 e. The van der Waals surface area contributed by atoms with Gasteiger partial charge < -0.3 is 15.0 Å². The Kier molecular flexibility index (Phi) is 6.93. The van der Waals surface area contributed by atoms with Crippen molar-refractivity contribution in [2.45, 2.75) is 33.0 Å². The van der Waals surface area contributed by atoms with E-state index in [9.17, 15) is 26.7 Å². The molecule has 0 radical (unpaired) electrons. The molecule has 0 aliphatic heterocycles. The van der Waals surface area contributed by atoms with Crippen molar-refractivity contribution in [3.63, 3.8) is 0 Å². The van der Waals surface area contributed by atoms with Gasteiger partial charge in [-0.15, -0.1) is 0 Å². The van der Waals surface area contributed by atoms with E-state index < -0.39 is 40.7 Å². The predicted molar refractivity (Wildman–Crippen MR) is 143 cm³/mol. The summed E-state index contributed by atoms with van der Waals surface area (Å²) in [4.78, 5) is 24.5. The van der Waals surface area contributed by atoms with Gasteiger partial charge in [-0.05, 0) is 62.7 Å². The summed E-state index contributed by atoms with van der Waals surface area (Å²) in [7, 11) is 0. The highest BCUT2D eigenvalue weighted by Crippen LogP contribution is 2.43. The maximum absolute atomic E-state index is 14.7. The number of rotatable bonds is 5. The number of alkyl halides is 3. The number of hydrogen-bond acceptors (Lipinski definition) is 6. The zero-order valence-electron chi connectivity index (χ0n) is 21.9. The summed E-state index contributed by atoms with van der Waals surface area (Å²) in [6.07, 6.45) is -2.47. The van der Waals surface area contributed by atoms with E-state index >= 15 is 0 Å². The van der Waals surface area contributed by atoms with Gasteiger partial charge in [-0.2, -0.15) is 18.2 Å². The number of halogens is 5. The number of nitrogens with zero attached hydrogens (tertiary/aromatic N) is 4. The molecule has 0 amide bonds. The Bertz CT molecular complexity index is 1850. The molecule has 2 heterocycles. The van der Waals surface area contributed by atoms with Crippen LogP contribution >= 0.6 is 0 Å². The smallest absolute Gasteiger partial charge is 0.420 e. The van der Waals surface area contributed by atoms with Crippen LogP contribution in [0.3, 0.4) is 0 Å². The fourth-order valence-electron chi connectivity index (χ4n) is 4.61. The summed E-state index contributed by atoms with van der Waals surface area (Å²) >= 11 is 0. The van der Waals surface area contributed by atoms with Gasteiger partial charge in [0.25, 0.3) is 5.56 Å². The average molecular weight is 568 g/mol. The summed E-state index contributed by atoms with van der Waals surface area (Å²) in [5.74, 6) is -2.35. The van der Waals surface area contributed by atoms with E-state index in [1.807, 2.05) is 0 Å². The van der Waals surface area contributed by atoms with E-state index in [1.54, 1.807) is 13.8 Å². The van der Waals surface area contributed by atoms with E-state index in [4.69, 9.17) is 10.5 Å². The molecule has 12 heteroatoms. The molecule has 0 aliphatic rings. The minimum Gasteiger partial charge on any atom is -0.457 e. The van der Waals surface area contributed by atoms with Crippen LogP contribution in [0, 0.1) is 25.5 Å². The van der Waals surface area contributed by atoms with Crippen molar-refractivity contribution in [1.29, 1.82) is 0 Å². The van der Waals surface area contributed by atoms with Crippen molar-refractivity contribution in [3.05, 3.63) is 105 Å².